The summed E-state index contributed by atoms with van der Waals surface area (Å²) >= 11 is 0. The minimum atomic E-state index is -0.0994. The van der Waals surface area contributed by atoms with Gasteiger partial charge < -0.3 is 16.0 Å². The molecule has 7 heteroatoms. The van der Waals surface area contributed by atoms with Crippen LogP contribution in [0.2, 0.25) is 0 Å². The maximum Gasteiger partial charge on any atom is 0.221 e. The SMILES string of the molecule is CC(=O)Nc1ccc(Nc2cc(Nc3cc(C)ccn3)nc(C)n2)cc1. The molecule has 3 N–H and O–H groups in total. The van der Waals surface area contributed by atoms with E-state index >= 15 is 0 Å². The van der Waals surface area contributed by atoms with E-state index in [9.17, 15) is 4.79 Å². The third-order valence-electron chi connectivity index (χ3n) is 3.49. The lowest BCUT2D eigenvalue weighted by atomic mass is 10.2. The van der Waals surface area contributed by atoms with Crippen molar-refractivity contribution in [1.29, 1.82) is 0 Å². The van der Waals surface area contributed by atoms with E-state index in [0.29, 0.717) is 17.5 Å². The smallest absolute Gasteiger partial charge is 0.221 e. The fourth-order valence-corrected chi connectivity index (χ4v) is 2.42. The van der Waals surface area contributed by atoms with Gasteiger partial charge in [-0.3, -0.25) is 4.79 Å². The summed E-state index contributed by atoms with van der Waals surface area (Å²) in [6, 6.07) is 13.1. The number of rotatable bonds is 5. The van der Waals surface area contributed by atoms with Crippen molar-refractivity contribution in [1.82, 2.24) is 15.0 Å². The van der Waals surface area contributed by atoms with Crippen LogP contribution in [0.1, 0.15) is 18.3 Å². The molecule has 132 valence electrons. The highest BCUT2D eigenvalue weighted by Crippen LogP contribution is 2.21. The number of nitrogens with zero attached hydrogens (tertiary/aromatic N) is 3. The number of amides is 1. The molecule has 1 amide bonds. The highest BCUT2D eigenvalue weighted by atomic mass is 16.1. The first-order valence-corrected chi connectivity index (χ1v) is 8.18. The van der Waals surface area contributed by atoms with Crippen molar-refractivity contribution in [2.24, 2.45) is 0 Å². The number of pyridine rings is 1. The highest BCUT2D eigenvalue weighted by Gasteiger charge is 2.05. The van der Waals surface area contributed by atoms with Crippen LogP contribution in [0, 0.1) is 13.8 Å². The molecular formula is C19H20N6O. The normalized spacial score (nSPS) is 10.3. The molecule has 0 fully saturated rings. The van der Waals surface area contributed by atoms with E-state index in [1.54, 1.807) is 6.20 Å². The van der Waals surface area contributed by atoms with Crippen LogP contribution in [-0.2, 0) is 4.79 Å². The Labute approximate surface area is 151 Å². The van der Waals surface area contributed by atoms with Crippen molar-refractivity contribution >= 4 is 34.7 Å². The molecule has 0 spiro atoms. The highest BCUT2D eigenvalue weighted by molar-refractivity contribution is 5.88. The average Bonchev–Trinajstić information content (AvgIpc) is 2.56. The van der Waals surface area contributed by atoms with Gasteiger partial charge in [0.2, 0.25) is 5.91 Å². The maximum atomic E-state index is 11.1. The van der Waals surface area contributed by atoms with Crippen LogP contribution in [0.5, 0.6) is 0 Å². The first kappa shape index (κ1) is 17.3. The van der Waals surface area contributed by atoms with Gasteiger partial charge in [0.05, 0.1) is 0 Å². The van der Waals surface area contributed by atoms with Crippen LogP contribution in [0.25, 0.3) is 0 Å². The van der Waals surface area contributed by atoms with E-state index < -0.39 is 0 Å². The molecule has 0 unspecified atom stereocenters. The minimum Gasteiger partial charge on any atom is -0.340 e. The molecule has 0 saturated heterocycles. The number of benzene rings is 1. The first-order chi connectivity index (χ1) is 12.5. The van der Waals surface area contributed by atoms with Gasteiger partial charge in [0, 0.05) is 30.6 Å². The van der Waals surface area contributed by atoms with E-state index in [0.717, 1.165) is 22.8 Å². The Hall–Kier alpha value is -3.48. The zero-order chi connectivity index (χ0) is 18.5. The topological polar surface area (TPSA) is 91.8 Å². The minimum absolute atomic E-state index is 0.0994. The molecular weight excluding hydrogens is 328 g/mol. The van der Waals surface area contributed by atoms with E-state index in [2.05, 4.69) is 30.9 Å². The van der Waals surface area contributed by atoms with Crippen molar-refractivity contribution in [2.45, 2.75) is 20.8 Å². The molecule has 0 bridgehead atoms. The van der Waals surface area contributed by atoms with Crippen molar-refractivity contribution in [3.05, 3.63) is 60.0 Å². The lowest BCUT2D eigenvalue weighted by Crippen LogP contribution is -2.05. The zero-order valence-corrected chi connectivity index (χ0v) is 14.9. The van der Waals surface area contributed by atoms with Gasteiger partial charge in [-0.05, 0) is 55.8 Å². The summed E-state index contributed by atoms with van der Waals surface area (Å²) in [6.45, 7) is 5.32. The molecule has 3 aromatic rings. The molecule has 0 saturated carbocycles. The molecule has 0 aliphatic heterocycles. The predicted molar refractivity (Wildman–Crippen MR) is 103 cm³/mol. The van der Waals surface area contributed by atoms with Crippen LogP contribution in [0.4, 0.5) is 28.8 Å². The Morgan fingerprint density at radius 1 is 0.846 bits per heavy atom. The Balaban J connectivity index is 1.76. The van der Waals surface area contributed by atoms with Gasteiger partial charge in [-0.2, -0.15) is 0 Å². The Morgan fingerprint density at radius 3 is 2.15 bits per heavy atom. The van der Waals surface area contributed by atoms with Gasteiger partial charge in [0.15, 0.2) is 0 Å². The molecule has 3 rings (SSSR count). The maximum absolute atomic E-state index is 11.1. The third-order valence-corrected chi connectivity index (χ3v) is 3.49. The Morgan fingerprint density at radius 2 is 1.50 bits per heavy atom. The Bertz CT molecular complexity index is 924. The van der Waals surface area contributed by atoms with Crippen LogP contribution in [0.3, 0.4) is 0 Å². The molecule has 0 aliphatic rings. The fraction of sp³-hybridized carbons (Fsp3) is 0.158. The van der Waals surface area contributed by atoms with Crippen molar-refractivity contribution in [3.63, 3.8) is 0 Å². The standard InChI is InChI=1S/C19H20N6O/c1-12-8-9-20-17(10-12)25-19-11-18(21-13(2)22-19)24-16-6-4-15(5-7-16)23-14(3)26/h4-11H,1-3H3,(H,23,26)(H2,20,21,22,24,25). The molecule has 7 nitrogen and oxygen atoms in total. The van der Waals surface area contributed by atoms with Crippen LogP contribution < -0.4 is 16.0 Å². The van der Waals surface area contributed by atoms with E-state index in [1.165, 1.54) is 6.92 Å². The van der Waals surface area contributed by atoms with Crippen LogP contribution in [-0.4, -0.2) is 20.9 Å². The second-order valence-electron chi connectivity index (χ2n) is 5.91. The number of hydrogen-bond donors (Lipinski definition) is 3. The summed E-state index contributed by atoms with van der Waals surface area (Å²) in [4.78, 5) is 24.2. The zero-order valence-electron chi connectivity index (χ0n) is 14.9. The lowest BCUT2D eigenvalue weighted by molar-refractivity contribution is -0.114. The number of carbonyl (C=O) groups excluding carboxylic acids is 1. The first-order valence-electron chi connectivity index (χ1n) is 8.18. The van der Waals surface area contributed by atoms with Crippen LogP contribution in [0.15, 0.2) is 48.7 Å². The summed E-state index contributed by atoms with van der Waals surface area (Å²) in [7, 11) is 0. The van der Waals surface area contributed by atoms with Gasteiger partial charge in [-0.1, -0.05) is 0 Å². The average molecular weight is 348 g/mol. The number of aromatic nitrogens is 3. The second kappa shape index (κ2) is 7.60. The molecule has 0 aliphatic carbocycles. The van der Waals surface area contributed by atoms with E-state index in [-0.39, 0.29) is 5.91 Å². The van der Waals surface area contributed by atoms with E-state index in [4.69, 9.17) is 0 Å². The lowest BCUT2D eigenvalue weighted by Gasteiger charge is -2.11. The van der Waals surface area contributed by atoms with Crippen LogP contribution >= 0.6 is 0 Å². The monoisotopic (exact) mass is 348 g/mol. The third kappa shape index (κ3) is 4.76. The van der Waals surface area contributed by atoms with E-state index in [1.807, 2.05) is 56.3 Å². The molecule has 26 heavy (non-hydrogen) atoms. The van der Waals surface area contributed by atoms with Crippen molar-refractivity contribution in [3.8, 4) is 0 Å². The Kier molecular flexibility index (Phi) is 5.07. The van der Waals surface area contributed by atoms with Gasteiger partial charge in [-0.25, -0.2) is 15.0 Å². The summed E-state index contributed by atoms with van der Waals surface area (Å²) in [6.07, 6.45) is 1.75. The summed E-state index contributed by atoms with van der Waals surface area (Å²) in [5.41, 5.74) is 2.72. The number of hydrogen-bond acceptors (Lipinski definition) is 6. The van der Waals surface area contributed by atoms with Gasteiger partial charge in [0.1, 0.15) is 23.3 Å². The number of anilines is 5. The predicted octanol–water partition coefficient (Wildman–Crippen LogP) is 3.93. The van der Waals surface area contributed by atoms with Crippen molar-refractivity contribution < 1.29 is 4.79 Å². The summed E-state index contributed by atoms with van der Waals surface area (Å²) in [5, 5.41) is 9.17. The summed E-state index contributed by atoms with van der Waals surface area (Å²) in [5.74, 6) is 2.60. The second-order valence-corrected chi connectivity index (χ2v) is 5.91. The van der Waals surface area contributed by atoms with Gasteiger partial charge in [-0.15, -0.1) is 0 Å². The molecule has 0 atom stereocenters. The molecule has 0 radical (unpaired) electrons. The fourth-order valence-electron chi connectivity index (χ4n) is 2.42. The number of aryl methyl sites for hydroxylation is 2. The number of nitrogens with one attached hydrogen (secondary N) is 3. The quantitative estimate of drug-likeness (QED) is 0.647. The molecule has 2 aromatic heterocycles. The summed E-state index contributed by atoms with van der Waals surface area (Å²) < 4.78 is 0. The molecule has 1 aromatic carbocycles. The van der Waals surface area contributed by atoms with Gasteiger partial charge >= 0.3 is 0 Å². The molecule has 2 heterocycles. The van der Waals surface area contributed by atoms with Gasteiger partial charge in [0.25, 0.3) is 0 Å². The largest absolute Gasteiger partial charge is 0.340 e. The number of carbonyl (C=O) groups is 1. The van der Waals surface area contributed by atoms with Crippen molar-refractivity contribution in [2.75, 3.05) is 16.0 Å².